The number of amides is 2. The van der Waals surface area contributed by atoms with E-state index < -0.39 is 12.0 Å². The van der Waals surface area contributed by atoms with Crippen LogP contribution >= 0.6 is 0 Å². The average molecular weight is 378 g/mol. The van der Waals surface area contributed by atoms with Crippen LogP contribution < -0.4 is 14.7 Å². The molecular formula is C20H18N4O4. The van der Waals surface area contributed by atoms with E-state index in [0.29, 0.717) is 11.4 Å². The topological polar surface area (TPSA) is 93.6 Å². The molecule has 0 spiro atoms. The molecule has 1 saturated heterocycles. The molecule has 1 fully saturated rings. The minimum Gasteiger partial charge on any atom is -0.539 e. The number of carbonyl (C=O) groups is 2. The molecule has 8 heteroatoms. The van der Waals surface area contributed by atoms with Gasteiger partial charge in [0.1, 0.15) is 0 Å². The Morgan fingerprint density at radius 2 is 1.79 bits per heavy atom. The van der Waals surface area contributed by atoms with Crippen molar-refractivity contribution in [1.29, 1.82) is 0 Å². The van der Waals surface area contributed by atoms with Crippen molar-refractivity contribution < 1.29 is 23.9 Å². The summed E-state index contributed by atoms with van der Waals surface area (Å²) in [6, 6.07) is 17.3. The Morgan fingerprint density at radius 1 is 1.14 bits per heavy atom. The largest absolute Gasteiger partial charge is 0.539 e. The number of benzene rings is 2. The summed E-state index contributed by atoms with van der Waals surface area (Å²) in [7, 11) is 1.70. The highest BCUT2D eigenvalue weighted by atomic mass is 16.6. The number of hydrogen-bond acceptors (Lipinski definition) is 6. The molecule has 1 aromatic heterocycles. The molecule has 3 aromatic rings. The van der Waals surface area contributed by atoms with Crippen molar-refractivity contribution in [3.8, 4) is 11.6 Å². The molecule has 1 atom stereocenters. The summed E-state index contributed by atoms with van der Waals surface area (Å²) < 4.78 is 6.23. The van der Waals surface area contributed by atoms with Gasteiger partial charge in [-0.3, -0.25) is 14.5 Å². The Labute approximate surface area is 161 Å². The second-order valence-corrected chi connectivity index (χ2v) is 6.59. The molecule has 4 rings (SSSR count). The van der Waals surface area contributed by atoms with Gasteiger partial charge in [0.05, 0.1) is 30.0 Å². The van der Waals surface area contributed by atoms with Crippen molar-refractivity contribution in [2.75, 3.05) is 11.9 Å². The Kier molecular flexibility index (Phi) is 4.62. The molecule has 28 heavy (non-hydrogen) atoms. The van der Waals surface area contributed by atoms with Crippen LogP contribution in [0.4, 0.5) is 5.69 Å². The van der Waals surface area contributed by atoms with E-state index in [0.717, 1.165) is 0 Å². The van der Waals surface area contributed by atoms with Gasteiger partial charge >= 0.3 is 0 Å². The maximum Gasteiger partial charge on any atom is 0.254 e. The fourth-order valence-corrected chi connectivity index (χ4v) is 3.33. The van der Waals surface area contributed by atoms with Crippen LogP contribution in [0.5, 0.6) is 5.95 Å². The number of para-hydroxylation sites is 2. The first kappa shape index (κ1) is 17.9. The van der Waals surface area contributed by atoms with Gasteiger partial charge in [-0.2, -0.15) is 0 Å². The fourth-order valence-electron chi connectivity index (χ4n) is 3.33. The van der Waals surface area contributed by atoms with Crippen LogP contribution in [0, 0.1) is 0 Å². The number of anilines is 1. The first-order valence-corrected chi connectivity index (χ1v) is 8.81. The summed E-state index contributed by atoms with van der Waals surface area (Å²) in [5, 5.41) is 16.0. The number of imide groups is 1. The van der Waals surface area contributed by atoms with Crippen molar-refractivity contribution in [2.45, 2.75) is 19.0 Å². The number of aromatic nitrogens is 2. The monoisotopic (exact) mass is 378 g/mol. The van der Waals surface area contributed by atoms with Crippen molar-refractivity contribution in [1.82, 2.24) is 10.2 Å². The summed E-state index contributed by atoms with van der Waals surface area (Å²) in [4.78, 5) is 28.2. The van der Waals surface area contributed by atoms with E-state index in [9.17, 15) is 14.7 Å². The highest BCUT2D eigenvalue weighted by Crippen LogP contribution is 2.26. The summed E-state index contributed by atoms with van der Waals surface area (Å²) in [5.74, 6) is -1.15. The molecule has 2 amide bonds. The number of rotatable bonds is 5. The van der Waals surface area contributed by atoms with Gasteiger partial charge in [0.15, 0.2) is 5.95 Å². The van der Waals surface area contributed by atoms with E-state index in [-0.39, 0.29) is 30.5 Å². The quantitative estimate of drug-likeness (QED) is 0.481. The Balaban J connectivity index is 1.57. The van der Waals surface area contributed by atoms with E-state index >= 15 is 0 Å². The maximum absolute atomic E-state index is 12.9. The third-order valence-corrected chi connectivity index (χ3v) is 4.77. The fraction of sp³-hybridized carbons (Fsp3) is 0.200. The predicted octanol–water partition coefficient (Wildman–Crippen LogP) is 0.789. The van der Waals surface area contributed by atoms with Crippen LogP contribution in [0.3, 0.4) is 0 Å². The highest BCUT2D eigenvalue weighted by molar-refractivity contribution is 6.22. The lowest BCUT2D eigenvalue weighted by molar-refractivity contribution is -0.678. The average Bonchev–Trinajstić information content (AvgIpc) is 3.22. The van der Waals surface area contributed by atoms with Crippen molar-refractivity contribution in [3.63, 3.8) is 0 Å². The molecule has 1 aliphatic heterocycles. The van der Waals surface area contributed by atoms with Gasteiger partial charge in [0.25, 0.3) is 11.6 Å². The van der Waals surface area contributed by atoms with E-state index in [1.807, 2.05) is 24.3 Å². The van der Waals surface area contributed by atoms with Crippen molar-refractivity contribution >= 4 is 17.5 Å². The van der Waals surface area contributed by atoms with E-state index in [4.69, 9.17) is 4.52 Å². The lowest BCUT2D eigenvalue weighted by Gasteiger charge is -2.21. The van der Waals surface area contributed by atoms with Crippen LogP contribution in [0.1, 0.15) is 12.1 Å². The van der Waals surface area contributed by atoms with Gasteiger partial charge < -0.3 is 9.63 Å². The van der Waals surface area contributed by atoms with Gasteiger partial charge in [0, 0.05) is 12.1 Å². The van der Waals surface area contributed by atoms with Gasteiger partial charge in [-0.15, -0.1) is 0 Å². The number of likely N-dealkylation sites (N-methyl/N-ethyl adjacent to an activating group) is 1. The lowest BCUT2D eigenvalue weighted by atomic mass is 10.2. The summed E-state index contributed by atoms with van der Waals surface area (Å²) in [6.45, 7) is 0.115. The van der Waals surface area contributed by atoms with E-state index in [2.05, 4.69) is 5.27 Å². The van der Waals surface area contributed by atoms with Crippen LogP contribution in [0.15, 0.2) is 65.2 Å². The molecule has 0 saturated carbocycles. The van der Waals surface area contributed by atoms with E-state index in [1.54, 1.807) is 48.3 Å². The van der Waals surface area contributed by atoms with Crippen LogP contribution in [0.2, 0.25) is 0 Å². The molecule has 1 unspecified atom stereocenters. The third kappa shape index (κ3) is 3.14. The summed E-state index contributed by atoms with van der Waals surface area (Å²) >= 11 is 0. The molecule has 0 bridgehead atoms. The smallest absolute Gasteiger partial charge is 0.254 e. The lowest BCUT2D eigenvalue weighted by Crippen LogP contribution is -2.44. The molecule has 0 radical (unpaired) electrons. The Hall–Kier alpha value is -3.52. The zero-order chi connectivity index (χ0) is 19.7. The van der Waals surface area contributed by atoms with Crippen LogP contribution in [0.25, 0.3) is 5.69 Å². The summed E-state index contributed by atoms with van der Waals surface area (Å²) in [6.07, 6.45) is 0.0506. The molecule has 8 nitrogen and oxygen atoms in total. The molecule has 0 aliphatic carbocycles. The van der Waals surface area contributed by atoms with Gasteiger partial charge in [-0.1, -0.05) is 36.4 Å². The second kappa shape index (κ2) is 7.24. The molecule has 142 valence electrons. The SMILES string of the molecule is CN(Cc1c([O-])on[n+]1-c1ccccc1)C1CC(=O)N(c2ccccc2)C1=O. The van der Waals surface area contributed by atoms with Crippen molar-refractivity contribution in [2.24, 2.45) is 0 Å². The normalized spacial score (nSPS) is 16.9. The zero-order valence-corrected chi connectivity index (χ0v) is 15.2. The zero-order valence-electron chi connectivity index (χ0n) is 15.2. The molecule has 2 aromatic carbocycles. The Morgan fingerprint density at radius 3 is 2.46 bits per heavy atom. The number of carbonyl (C=O) groups excluding carboxylic acids is 2. The minimum atomic E-state index is -0.661. The van der Waals surface area contributed by atoms with Crippen LogP contribution in [-0.4, -0.2) is 35.1 Å². The first-order chi connectivity index (χ1) is 13.6. The van der Waals surface area contributed by atoms with Gasteiger partial charge in [-0.05, 0) is 23.9 Å². The third-order valence-electron chi connectivity index (χ3n) is 4.77. The van der Waals surface area contributed by atoms with Gasteiger partial charge in [-0.25, -0.2) is 4.90 Å². The van der Waals surface area contributed by atoms with E-state index in [1.165, 1.54) is 9.58 Å². The standard InChI is InChI=1S/C20H18N4O4/c1-22(13-17-20(27)28-21-24(17)15-10-6-3-7-11-15)16-12-18(25)23(19(16)26)14-8-4-2-5-9-14/h2-11,16H,12-13H2,1H3. The number of hydrogen-bond donors (Lipinski definition) is 0. The van der Waals surface area contributed by atoms with Gasteiger partial charge in [0.2, 0.25) is 11.6 Å². The second-order valence-electron chi connectivity index (χ2n) is 6.59. The minimum absolute atomic E-state index is 0.0506. The predicted molar refractivity (Wildman–Crippen MR) is 96.3 cm³/mol. The Bertz CT molecular complexity index is 1000. The molecule has 2 heterocycles. The maximum atomic E-state index is 12.9. The highest BCUT2D eigenvalue weighted by Gasteiger charge is 2.42. The van der Waals surface area contributed by atoms with Crippen LogP contribution in [-0.2, 0) is 16.1 Å². The molecular weight excluding hydrogens is 360 g/mol. The molecule has 0 N–H and O–H groups in total. The number of nitrogens with zero attached hydrogens (tertiary/aromatic N) is 4. The first-order valence-electron chi connectivity index (χ1n) is 8.81. The van der Waals surface area contributed by atoms with Crippen molar-refractivity contribution in [3.05, 3.63) is 66.4 Å². The molecule has 1 aliphatic rings. The summed E-state index contributed by atoms with van der Waals surface area (Å²) in [5.41, 5.74) is 1.51.